The van der Waals surface area contributed by atoms with Gasteiger partial charge in [-0.3, -0.25) is 9.36 Å². The lowest BCUT2D eigenvalue weighted by atomic mass is 10.2. The molecular formula is C17H18N2O3S. The van der Waals surface area contributed by atoms with E-state index in [1.54, 1.807) is 16.9 Å². The maximum absolute atomic E-state index is 12.8. The number of unbranched alkanes of at least 4 members (excludes halogenated alkanes) is 1. The van der Waals surface area contributed by atoms with Gasteiger partial charge in [-0.15, -0.1) is 0 Å². The molecule has 0 aliphatic heterocycles. The Kier molecular flexibility index (Phi) is 5.15. The molecule has 2 aromatic heterocycles. The van der Waals surface area contributed by atoms with Crippen LogP contribution in [0.15, 0.2) is 57.0 Å². The molecule has 0 atom stereocenters. The molecule has 0 saturated heterocycles. The number of aliphatic hydroxyl groups excluding tert-OH is 1. The third kappa shape index (κ3) is 3.65. The monoisotopic (exact) mass is 330 g/mol. The first-order valence-electron chi connectivity index (χ1n) is 7.55. The molecule has 1 aromatic carbocycles. The molecule has 3 aromatic rings. The molecule has 0 bridgehead atoms. The van der Waals surface area contributed by atoms with Crippen molar-refractivity contribution >= 4 is 22.7 Å². The van der Waals surface area contributed by atoms with Gasteiger partial charge >= 0.3 is 0 Å². The van der Waals surface area contributed by atoms with E-state index in [2.05, 4.69) is 4.98 Å². The van der Waals surface area contributed by atoms with Gasteiger partial charge in [0.15, 0.2) is 5.16 Å². The Bertz CT molecular complexity index is 827. The van der Waals surface area contributed by atoms with E-state index < -0.39 is 0 Å². The number of aromatic nitrogens is 2. The summed E-state index contributed by atoms with van der Waals surface area (Å²) in [7, 11) is 0. The first kappa shape index (κ1) is 15.8. The zero-order valence-electron chi connectivity index (χ0n) is 12.6. The average Bonchev–Trinajstić information content (AvgIpc) is 3.08. The minimum atomic E-state index is -0.0586. The molecule has 0 aliphatic carbocycles. The molecule has 0 fully saturated rings. The molecule has 0 aliphatic rings. The first-order chi connectivity index (χ1) is 11.3. The van der Waals surface area contributed by atoms with Crippen LogP contribution in [0.2, 0.25) is 0 Å². The largest absolute Gasteiger partial charge is 0.467 e. The standard InChI is InChI=1S/C17H18N2O3S/c20-9-3-4-11-23-17-18-15-8-2-1-7-14(15)16(21)19(17)12-13-6-5-10-22-13/h1-2,5-8,10,20H,3-4,9,11-12H2. The van der Waals surface area contributed by atoms with Crippen molar-refractivity contribution in [1.29, 1.82) is 0 Å². The highest BCUT2D eigenvalue weighted by molar-refractivity contribution is 7.99. The Hall–Kier alpha value is -2.05. The zero-order chi connectivity index (χ0) is 16.1. The summed E-state index contributed by atoms with van der Waals surface area (Å²) in [6, 6.07) is 11.0. The van der Waals surface area contributed by atoms with E-state index in [-0.39, 0.29) is 12.2 Å². The third-order valence-corrected chi connectivity index (χ3v) is 4.57. The number of furan rings is 1. The van der Waals surface area contributed by atoms with Gasteiger partial charge in [0.05, 0.1) is 23.7 Å². The highest BCUT2D eigenvalue weighted by atomic mass is 32.2. The van der Waals surface area contributed by atoms with Crippen molar-refractivity contribution in [2.24, 2.45) is 0 Å². The van der Waals surface area contributed by atoms with Gasteiger partial charge in [-0.05, 0) is 37.1 Å². The smallest absolute Gasteiger partial charge is 0.262 e. The molecule has 2 heterocycles. The van der Waals surface area contributed by atoms with Gasteiger partial charge in [0.2, 0.25) is 0 Å². The van der Waals surface area contributed by atoms with Crippen LogP contribution in [-0.4, -0.2) is 27.0 Å². The van der Waals surface area contributed by atoms with Crippen molar-refractivity contribution in [3.8, 4) is 0 Å². The molecule has 6 heteroatoms. The van der Waals surface area contributed by atoms with Crippen LogP contribution < -0.4 is 5.56 Å². The average molecular weight is 330 g/mol. The summed E-state index contributed by atoms with van der Waals surface area (Å²) in [6.45, 7) is 0.552. The summed E-state index contributed by atoms with van der Waals surface area (Å²) < 4.78 is 7.03. The van der Waals surface area contributed by atoms with Crippen molar-refractivity contribution in [1.82, 2.24) is 9.55 Å². The Morgan fingerprint density at radius 1 is 1.17 bits per heavy atom. The quantitative estimate of drug-likeness (QED) is 0.410. The van der Waals surface area contributed by atoms with E-state index in [1.807, 2.05) is 30.3 Å². The molecule has 3 rings (SSSR count). The van der Waals surface area contributed by atoms with Gasteiger partial charge in [0.1, 0.15) is 5.76 Å². The molecular weight excluding hydrogens is 312 g/mol. The Morgan fingerprint density at radius 2 is 2.04 bits per heavy atom. The van der Waals surface area contributed by atoms with Crippen molar-refractivity contribution in [3.05, 3.63) is 58.8 Å². The molecule has 5 nitrogen and oxygen atoms in total. The number of rotatable bonds is 7. The number of aliphatic hydroxyl groups is 1. The molecule has 0 unspecified atom stereocenters. The Morgan fingerprint density at radius 3 is 2.83 bits per heavy atom. The zero-order valence-corrected chi connectivity index (χ0v) is 13.5. The second-order valence-corrected chi connectivity index (χ2v) is 6.22. The van der Waals surface area contributed by atoms with E-state index in [9.17, 15) is 4.79 Å². The molecule has 0 spiro atoms. The first-order valence-corrected chi connectivity index (χ1v) is 8.54. The van der Waals surface area contributed by atoms with Crippen molar-refractivity contribution in [2.75, 3.05) is 12.4 Å². The number of hydrogen-bond acceptors (Lipinski definition) is 5. The normalized spacial score (nSPS) is 11.2. The van der Waals surface area contributed by atoms with Gasteiger partial charge in [0.25, 0.3) is 5.56 Å². The van der Waals surface area contributed by atoms with Gasteiger partial charge < -0.3 is 9.52 Å². The van der Waals surface area contributed by atoms with E-state index >= 15 is 0 Å². The van der Waals surface area contributed by atoms with Gasteiger partial charge in [-0.25, -0.2) is 4.98 Å². The number of hydrogen-bond donors (Lipinski definition) is 1. The van der Waals surface area contributed by atoms with E-state index in [1.165, 1.54) is 11.8 Å². The van der Waals surface area contributed by atoms with Crippen molar-refractivity contribution < 1.29 is 9.52 Å². The minimum absolute atomic E-state index is 0.0586. The lowest BCUT2D eigenvalue weighted by Gasteiger charge is -2.12. The van der Waals surface area contributed by atoms with E-state index in [0.717, 1.165) is 24.4 Å². The van der Waals surface area contributed by atoms with Crippen LogP contribution in [0.5, 0.6) is 0 Å². The summed E-state index contributed by atoms with van der Waals surface area (Å²) in [5, 5.41) is 10.2. The number of para-hydroxylation sites is 1. The van der Waals surface area contributed by atoms with Crippen LogP contribution in [0.3, 0.4) is 0 Å². The van der Waals surface area contributed by atoms with Crippen molar-refractivity contribution in [3.63, 3.8) is 0 Å². The minimum Gasteiger partial charge on any atom is -0.467 e. The summed E-state index contributed by atoms with van der Waals surface area (Å²) >= 11 is 1.54. The fraction of sp³-hybridized carbons (Fsp3) is 0.294. The second-order valence-electron chi connectivity index (χ2n) is 5.16. The van der Waals surface area contributed by atoms with E-state index in [4.69, 9.17) is 9.52 Å². The van der Waals surface area contributed by atoms with Crippen molar-refractivity contribution in [2.45, 2.75) is 24.5 Å². The van der Waals surface area contributed by atoms with Crippen LogP contribution >= 0.6 is 11.8 Å². The summed E-state index contributed by atoms with van der Waals surface area (Å²) in [5.74, 6) is 1.53. The molecule has 23 heavy (non-hydrogen) atoms. The highest BCUT2D eigenvalue weighted by Gasteiger charge is 2.12. The molecule has 0 saturated carbocycles. The molecule has 120 valence electrons. The Labute approximate surface area is 138 Å². The van der Waals surface area contributed by atoms with Gasteiger partial charge in [-0.1, -0.05) is 23.9 Å². The lowest BCUT2D eigenvalue weighted by Crippen LogP contribution is -2.23. The fourth-order valence-corrected chi connectivity index (χ4v) is 3.33. The molecule has 1 N–H and O–H groups in total. The maximum Gasteiger partial charge on any atom is 0.262 e. The SMILES string of the molecule is O=c1c2ccccc2nc(SCCCCO)n1Cc1ccco1. The van der Waals surface area contributed by atoms with Gasteiger partial charge in [0, 0.05) is 12.4 Å². The van der Waals surface area contributed by atoms with Crippen LogP contribution in [0.25, 0.3) is 10.9 Å². The van der Waals surface area contributed by atoms with Crippen LogP contribution in [0, 0.1) is 0 Å². The number of nitrogens with zero attached hydrogens (tertiary/aromatic N) is 2. The number of benzene rings is 1. The third-order valence-electron chi connectivity index (χ3n) is 3.50. The van der Waals surface area contributed by atoms with Crippen LogP contribution in [-0.2, 0) is 6.54 Å². The Balaban J connectivity index is 1.98. The summed E-state index contributed by atoms with van der Waals surface area (Å²) in [5.41, 5.74) is 0.648. The predicted octanol–water partition coefficient (Wildman–Crippen LogP) is 2.90. The fourth-order valence-electron chi connectivity index (χ4n) is 2.33. The molecule has 0 radical (unpaired) electrons. The summed E-state index contributed by atoms with van der Waals surface area (Å²) in [4.78, 5) is 17.4. The maximum atomic E-state index is 12.8. The highest BCUT2D eigenvalue weighted by Crippen LogP contribution is 2.20. The van der Waals surface area contributed by atoms with Gasteiger partial charge in [-0.2, -0.15) is 0 Å². The number of thioether (sulfide) groups is 1. The van der Waals surface area contributed by atoms with Crippen LogP contribution in [0.4, 0.5) is 0 Å². The second kappa shape index (κ2) is 7.48. The lowest BCUT2D eigenvalue weighted by molar-refractivity contribution is 0.287. The topological polar surface area (TPSA) is 68.3 Å². The predicted molar refractivity (Wildman–Crippen MR) is 90.9 cm³/mol. The van der Waals surface area contributed by atoms with E-state index in [0.29, 0.717) is 22.6 Å². The summed E-state index contributed by atoms with van der Waals surface area (Å²) in [6.07, 6.45) is 3.23. The molecule has 0 amide bonds. The number of fused-ring (bicyclic) bond motifs is 1. The van der Waals surface area contributed by atoms with Crippen LogP contribution in [0.1, 0.15) is 18.6 Å².